The quantitative estimate of drug-likeness (QED) is 0.447. The van der Waals surface area contributed by atoms with Gasteiger partial charge < -0.3 is 15.5 Å². The van der Waals surface area contributed by atoms with Gasteiger partial charge in [0.2, 0.25) is 17.8 Å². The van der Waals surface area contributed by atoms with Gasteiger partial charge in [0.15, 0.2) is 0 Å². The van der Waals surface area contributed by atoms with Crippen molar-refractivity contribution in [3.8, 4) is 0 Å². The van der Waals surface area contributed by atoms with Gasteiger partial charge in [-0.25, -0.2) is 0 Å². The second-order valence-electron chi connectivity index (χ2n) is 6.54. The lowest BCUT2D eigenvalue weighted by Gasteiger charge is -2.23. The Hall–Kier alpha value is -1.59. The minimum Gasteiger partial charge on any atom is -0.354 e. The number of nitrogens with zero attached hydrogens (tertiary/aromatic N) is 4. The second-order valence-corrected chi connectivity index (χ2v) is 6.54. The van der Waals surface area contributed by atoms with Crippen LogP contribution in [-0.4, -0.2) is 41.1 Å². The van der Waals surface area contributed by atoms with E-state index in [1.165, 1.54) is 12.8 Å². The molecule has 0 aliphatic carbocycles. The van der Waals surface area contributed by atoms with Crippen LogP contribution in [0.1, 0.15) is 79.1 Å². The lowest BCUT2D eigenvalue weighted by molar-refractivity contribution is 0.661. The Kier molecular flexibility index (Phi) is 11.7. The Bertz CT molecular complexity index is 415. The van der Waals surface area contributed by atoms with E-state index in [1.807, 2.05) is 0 Å². The summed E-state index contributed by atoms with van der Waals surface area (Å²) in [6.07, 6.45) is 9.23. The Labute approximate surface area is 154 Å². The minimum atomic E-state index is 0.690. The number of nitrogens with one attached hydrogen (secondary N) is 2. The van der Waals surface area contributed by atoms with Crippen molar-refractivity contribution in [3.63, 3.8) is 0 Å². The number of rotatable bonds is 15. The van der Waals surface area contributed by atoms with Crippen molar-refractivity contribution in [2.45, 2.75) is 79.1 Å². The smallest absolute Gasteiger partial charge is 0.231 e. The van der Waals surface area contributed by atoms with Crippen LogP contribution in [0.15, 0.2) is 0 Å². The van der Waals surface area contributed by atoms with Crippen LogP contribution >= 0.6 is 0 Å². The van der Waals surface area contributed by atoms with Gasteiger partial charge in [-0.3, -0.25) is 0 Å². The van der Waals surface area contributed by atoms with Gasteiger partial charge in [-0.15, -0.1) is 0 Å². The molecule has 1 aromatic rings. The highest BCUT2D eigenvalue weighted by molar-refractivity contribution is 5.43. The van der Waals surface area contributed by atoms with Gasteiger partial charge in [-0.2, -0.15) is 15.0 Å². The Morgan fingerprint density at radius 1 is 0.640 bits per heavy atom. The predicted molar refractivity (Wildman–Crippen MR) is 109 cm³/mol. The highest BCUT2D eigenvalue weighted by Crippen LogP contribution is 2.16. The summed E-state index contributed by atoms with van der Waals surface area (Å²) in [5, 5.41) is 6.71. The van der Waals surface area contributed by atoms with E-state index in [4.69, 9.17) is 9.97 Å². The molecule has 0 unspecified atom stereocenters. The molecule has 1 heterocycles. The molecule has 0 radical (unpaired) electrons. The second kappa shape index (κ2) is 13.7. The molecule has 0 saturated carbocycles. The standard InChI is InChI=1S/C19H38N6/c1-5-9-13-20-17-22-18(21-14-10-6-2)24-19(23-17)25(15-11-7-3)16-12-8-4/h5-16H2,1-4H3,(H2,20,21,22,23,24). The lowest BCUT2D eigenvalue weighted by Crippen LogP contribution is -2.28. The van der Waals surface area contributed by atoms with Gasteiger partial charge in [0, 0.05) is 26.2 Å². The lowest BCUT2D eigenvalue weighted by atomic mass is 10.3. The molecule has 0 amide bonds. The third kappa shape index (κ3) is 8.89. The van der Waals surface area contributed by atoms with Crippen molar-refractivity contribution in [2.24, 2.45) is 0 Å². The average Bonchev–Trinajstić information content (AvgIpc) is 2.62. The van der Waals surface area contributed by atoms with E-state index >= 15 is 0 Å². The Morgan fingerprint density at radius 3 is 1.48 bits per heavy atom. The fraction of sp³-hybridized carbons (Fsp3) is 0.842. The van der Waals surface area contributed by atoms with Gasteiger partial charge in [-0.1, -0.05) is 53.4 Å². The fourth-order valence-corrected chi connectivity index (χ4v) is 2.43. The molecule has 0 atom stereocenters. The summed E-state index contributed by atoms with van der Waals surface area (Å²) in [5.74, 6) is 2.18. The van der Waals surface area contributed by atoms with Crippen LogP contribution in [0.4, 0.5) is 17.8 Å². The maximum atomic E-state index is 4.69. The normalized spacial score (nSPS) is 10.7. The highest BCUT2D eigenvalue weighted by Gasteiger charge is 2.13. The first kappa shape index (κ1) is 21.5. The van der Waals surface area contributed by atoms with Gasteiger partial charge in [-0.05, 0) is 25.7 Å². The van der Waals surface area contributed by atoms with E-state index < -0.39 is 0 Å². The van der Waals surface area contributed by atoms with E-state index in [9.17, 15) is 0 Å². The number of unbranched alkanes of at least 4 members (excludes halogenated alkanes) is 4. The molecule has 1 aromatic heterocycles. The molecule has 0 bridgehead atoms. The molecule has 1 rings (SSSR count). The van der Waals surface area contributed by atoms with Crippen molar-refractivity contribution in [3.05, 3.63) is 0 Å². The van der Waals surface area contributed by atoms with Crippen molar-refractivity contribution in [1.29, 1.82) is 0 Å². The first-order chi connectivity index (χ1) is 12.2. The van der Waals surface area contributed by atoms with E-state index in [0.29, 0.717) is 11.9 Å². The van der Waals surface area contributed by atoms with Crippen molar-refractivity contribution in [1.82, 2.24) is 15.0 Å². The molecule has 25 heavy (non-hydrogen) atoms. The molecule has 6 nitrogen and oxygen atoms in total. The summed E-state index contributed by atoms with van der Waals surface area (Å²) in [5.41, 5.74) is 0. The van der Waals surface area contributed by atoms with Gasteiger partial charge >= 0.3 is 0 Å². The van der Waals surface area contributed by atoms with Crippen LogP contribution < -0.4 is 15.5 Å². The van der Waals surface area contributed by atoms with Gasteiger partial charge in [0.25, 0.3) is 0 Å². The summed E-state index contributed by atoms with van der Waals surface area (Å²) in [6, 6.07) is 0. The zero-order chi connectivity index (χ0) is 18.3. The molecular weight excluding hydrogens is 312 g/mol. The fourth-order valence-electron chi connectivity index (χ4n) is 2.43. The Morgan fingerprint density at radius 2 is 1.08 bits per heavy atom. The molecule has 0 aromatic carbocycles. The van der Waals surface area contributed by atoms with E-state index in [1.54, 1.807) is 0 Å². The number of anilines is 3. The molecule has 0 saturated heterocycles. The largest absolute Gasteiger partial charge is 0.354 e. The number of hydrogen-bond acceptors (Lipinski definition) is 6. The van der Waals surface area contributed by atoms with Crippen LogP contribution in [0.5, 0.6) is 0 Å². The number of hydrogen-bond donors (Lipinski definition) is 2. The zero-order valence-electron chi connectivity index (χ0n) is 16.8. The van der Waals surface area contributed by atoms with Crippen molar-refractivity contribution in [2.75, 3.05) is 41.7 Å². The zero-order valence-corrected chi connectivity index (χ0v) is 16.8. The third-order valence-electron chi connectivity index (χ3n) is 4.10. The first-order valence-corrected chi connectivity index (χ1v) is 10.2. The SMILES string of the molecule is CCCCNc1nc(NCCCC)nc(N(CCCC)CCCC)n1. The predicted octanol–water partition coefficient (Wildman–Crippen LogP) is 4.70. The summed E-state index contributed by atoms with van der Waals surface area (Å²) >= 11 is 0. The van der Waals surface area contributed by atoms with E-state index in [-0.39, 0.29) is 0 Å². The third-order valence-corrected chi connectivity index (χ3v) is 4.10. The molecule has 6 heteroatoms. The van der Waals surface area contributed by atoms with Crippen molar-refractivity contribution >= 4 is 17.8 Å². The first-order valence-electron chi connectivity index (χ1n) is 10.2. The molecule has 144 valence electrons. The average molecular weight is 351 g/mol. The van der Waals surface area contributed by atoms with E-state index in [0.717, 1.165) is 70.7 Å². The summed E-state index contributed by atoms with van der Waals surface area (Å²) in [4.78, 5) is 16.2. The molecule has 0 aliphatic heterocycles. The van der Waals surface area contributed by atoms with Gasteiger partial charge in [0.05, 0.1) is 0 Å². The molecular formula is C19H38N6. The van der Waals surface area contributed by atoms with Crippen LogP contribution in [-0.2, 0) is 0 Å². The summed E-state index contributed by atoms with van der Waals surface area (Å²) < 4.78 is 0. The van der Waals surface area contributed by atoms with Crippen LogP contribution in [0.3, 0.4) is 0 Å². The number of aromatic nitrogens is 3. The molecule has 0 spiro atoms. The monoisotopic (exact) mass is 350 g/mol. The summed E-state index contributed by atoms with van der Waals surface area (Å²) in [7, 11) is 0. The molecule has 2 N–H and O–H groups in total. The van der Waals surface area contributed by atoms with Gasteiger partial charge in [0.1, 0.15) is 0 Å². The highest BCUT2D eigenvalue weighted by atomic mass is 15.3. The minimum absolute atomic E-state index is 0.690. The summed E-state index contributed by atoms with van der Waals surface area (Å²) in [6.45, 7) is 12.6. The maximum absolute atomic E-state index is 4.69. The maximum Gasteiger partial charge on any atom is 0.231 e. The topological polar surface area (TPSA) is 66.0 Å². The van der Waals surface area contributed by atoms with Crippen LogP contribution in [0.25, 0.3) is 0 Å². The molecule has 0 aliphatic rings. The Balaban J connectivity index is 2.92. The van der Waals surface area contributed by atoms with Crippen LogP contribution in [0.2, 0.25) is 0 Å². The van der Waals surface area contributed by atoms with Crippen molar-refractivity contribution < 1.29 is 0 Å². The van der Waals surface area contributed by atoms with E-state index in [2.05, 4.69) is 48.2 Å². The molecule has 0 fully saturated rings. The van der Waals surface area contributed by atoms with Crippen LogP contribution in [0, 0.1) is 0 Å².